The molecule has 0 heterocycles. The van der Waals surface area contributed by atoms with Crippen LogP contribution < -0.4 is 0 Å². The summed E-state index contributed by atoms with van der Waals surface area (Å²) in [7, 11) is 0. The van der Waals surface area contributed by atoms with E-state index < -0.39 is 0 Å². The molecule has 0 aliphatic carbocycles. The topological polar surface area (TPSA) is 40.5 Å². The predicted octanol–water partition coefficient (Wildman–Crippen LogP) is 1.87. The number of phenolic OH excluding ortho intramolecular Hbond substituents is 2. The molecule has 3 heteroatoms. The number of benzene rings is 2. The van der Waals surface area contributed by atoms with E-state index in [0.717, 1.165) is 0 Å². The SMILES string of the molecule is Oc1ccccc1.Oc1ccccc1.[SnH2]. The first-order chi connectivity index (χ1) is 6.79. The van der Waals surface area contributed by atoms with Crippen molar-refractivity contribution >= 4 is 23.9 Å². The van der Waals surface area contributed by atoms with Gasteiger partial charge < -0.3 is 10.2 Å². The van der Waals surface area contributed by atoms with E-state index in [9.17, 15) is 0 Å². The number of rotatable bonds is 0. The number of aromatic hydroxyl groups is 2. The van der Waals surface area contributed by atoms with Gasteiger partial charge in [0.1, 0.15) is 11.5 Å². The van der Waals surface area contributed by atoms with E-state index in [1.54, 1.807) is 48.5 Å². The fourth-order valence-electron chi connectivity index (χ4n) is 0.856. The van der Waals surface area contributed by atoms with Gasteiger partial charge in [0.15, 0.2) is 0 Å². The second-order valence-corrected chi connectivity index (χ2v) is 2.67. The van der Waals surface area contributed by atoms with Gasteiger partial charge in [-0.2, -0.15) is 0 Å². The minimum atomic E-state index is 0. The molecule has 2 radical (unpaired) electrons. The number of hydrogen-bond acceptors (Lipinski definition) is 2. The quantitative estimate of drug-likeness (QED) is 0.730. The molecule has 0 aliphatic heterocycles. The van der Waals surface area contributed by atoms with Crippen LogP contribution in [0, 0.1) is 0 Å². The van der Waals surface area contributed by atoms with Gasteiger partial charge in [-0.3, -0.25) is 0 Å². The molecule has 2 aromatic rings. The van der Waals surface area contributed by atoms with Gasteiger partial charge in [-0.15, -0.1) is 0 Å². The van der Waals surface area contributed by atoms with E-state index >= 15 is 0 Å². The third kappa shape index (κ3) is 6.85. The molecule has 2 aromatic carbocycles. The van der Waals surface area contributed by atoms with Crippen LogP contribution >= 0.6 is 0 Å². The molecule has 15 heavy (non-hydrogen) atoms. The minimum absolute atomic E-state index is 0. The van der Waals surface area contributed by atoms with Crippen molar-refractivity contribution in [2.24, 2.45) is 0 Å². The molecule has 0 amide bonds. The zero-order valence-electron chi connectivity index (χ0n) is 8.38. The van der Waals surface area contributed by atoms with E-state index in [1.807, 2.05) is 12.1 Å². The van der Waals surface area contributed by atoms with Crippen molar-refractivity contribution in [1.29, 1.82) is 0 Å². The van der Waals surface area contributed by atoms with E-state index in [2.05, 4.69) is 0 Å². The Morgan fingerprint density at radius 3 is 0.933 bits per heavy atom. The maximum absolute atomic E-state index is 8.63. The van der Waals surface area contributed by atoms with Gasteiger partial charge in [-0.25, -0.2) is 0 Å². The Bertz CT molecular complexity index is 311. The zero-order valence-corrected chi connectivity index (χ0v) is 12.4. The molecule has 0 aliphatic rings. The van der Waals surface area contributed by atoms with Crippen LogP contribution in [0.5, 0.6) is 11.5 Å². The second kappa shape index (κ2) is 8.17. The summed E-state index contributed by atoms with van der Waals surface area (Å²) < 4.78 is 0. The summed E-state index contributed by atoms with van der Waals surface area (Å²) in [5, 5.41) is 17.3. The van der Waals surface area contributed by atoms with Crippen molar-refractivity contribution in [1.82, 2.24) is 0 Å². The average Bonchev–Trinajstić information content (AvgIpc) is 2.21. The summed E-state index contributed by atoms with van der Waals surface area (Å²) in [5.41, 5.74) is 0. The van der Waals surface area contributed by atoms with E-state index in [-0.39, 0.29) is 23.9 Å². The van der Waals surface area contributed by atoms with Crippen molar-refractivity contribution in [3.8, 4) is 11.5 Å². The molecule has 0 saturated carbocycles. The molecular weight excluding hydrogens is 295 g/mol. The Morgan fingerprint density at radius 1 is 0.533 bits per heavy atom. The van der Waals surface area contributed by atoms with Gasteiger partial charge in [0, 0.05) is 0 Å². The molecule has 0 unspecified atom stereocenters. The Balaban J connectivity index is 0.000000245. The molecule has 2 N–H and O–H groups in total. The molecule has 78 valence electrons. The van der Waals surface area contributed by atoms with E-state index in [0.29, 0.717) is 11.5 Å². The van der Waals surface area contributed by atoms with E-state index in [1.165, 1.54) is 0 Å². The van der Waals surface area contributed by atoms with Gasteiger partial charge >= 0.3 is 23.9 Å². The van der Waals surface area contributed by atoms with Crippen molar-refractivity contribution in [2.45, 2.75) is 0 Å². The van der Waals surface area contributed by atoms with Gasteiger partial charge in [-0.1, -0.05) is 36.4 Å². The van der Waals surface area contributed by atoms with Crippen LogP contribution in [-0.2, 0) is 0 Å². The van der Waals surface area contributed by atoms with Crippen LogP contribution in [0.1, 0.15) is 0 Å². The van der Waals surface area contributed by atoms with Gasteiger partial charge in [0.05, 0.1) is 0 Å². The van der Waals surface area contributed by atoms with Crippen LogP contribution in [0.2, 0.25) is 0 Å². The number of hydrogen-bond donors (Lipinski definition) is 2. The third-order valence-corrected chi connectivity index (χ3v) is 1.51. The molecule has 0 aromatic heterocycles. The van der Waals surface area contributed by atoms with Crippen LogP contribution in [0.25, 0.3) is 0 Å². The summed E-state index contributed by atoms with van der Waals surface area (Å²) in [5.74, 6) is 0.644. The molecule has 2 rings (SSSR count). The van der Waals surface area contributed by atoms with Gasteiger partial charge in [0.25, 0.3) is 0 Å². The maximum atomic E-state index is 8.63. The van der Waals surface area contributed by atoms with E-state index in [4.69, 9.17) is 10.2 Å². The first-order valence-electron chi connectivity index (χ1n) is 4.27. The molecule has 0 atom stereocenters. The zero-order chi connectivity index (χ0) is 10.2. The monoisotopic (exact) mass is 310 g/mol. The van der Waals surface area contributed by atoms with Crippen LogP contribution in [0.3, 0.4) is 0 Å². The summed E-state index contributed by atoms with van der Waals surface area (Å²) in [6, 6.07) is 17.4. The van der Waals surface area contributed by atoms with Crippen molar-refractivity contribution in [3.63, 3.8) is 0 Å². The molecule has 0 spiro atoms. The fraction of sp³-hybridized carbons (Fsp3) is 0. The molecule has 0 bridgehead atoms. The molecular formula is C12H14O2Sn. The summed E-state index contributed by atoms with van der Waals surface area (Å²) >= 11 is 0. The normalized spacial score (nSPS) is 8.00. The summed E-state index contributed by atoms with van der Waals surface area (Å²) in [4.78, 5) is 0. The van der Waals surface area contributed by atoms with Crippen LogP contribution in [-0.4, -0.2) is 34.1 Å². The molecule has 0 saturated heterocycles. The fourth-order valence-corrected chi connectivity index (χ4v) is 0.856. The number of para-hydroxylation sites is 2. The second-order valence-electron chi connectivity index (χ2n) is 2.67. The Kier molecular flexibility index (Phi) is 7.54. The Morgan fingerprint density at radius 2 is 0.800 bits per heavy atom. The Hall–Kier alpha value is -1.16. The van der Waals surface area contributed by atoms with Crippen LogP contribution in [0.15, 0.2) is 60.7 Å². The molecule has 0 fully saturated rings. The standard InChI is InChI=1S/2C6H6O.Sn.2H/c2*7-6-4-2-1-3-5-6;;;/h2*1-5,7H;;;. The summed E-state index contributed by atoms with van der Waals surface area (Å²) in [6.45, 7) is 0. The van der Waals surface area contributed by atoms with Crippen LogP contribution in [0.4, 0.5) is 0 Å². The average molecular weight is 309 g/mol. The predicted molar refractivity (Wildman–Crippen MR) is 64.8 cm³/mol. The summed E-state index contributed by atoms with van der Waals surface area (Å²) in [6.07, 6.45) is 0. The third-order valence-electron chi connectivity index (χ3n) is 1.51. The van der Waals surface area contributed by atoms with Crippen molar-refractivity contribution in [2.75, 3.05) is 0 Å². The molecule has 2 nitrogen and oxygen atoms in total. The van der Waals surface area contributed by atoms with Crippen molar-refractivity contribution in [3.05, 3.63) is 60.7 Å². The Labute approximate surface area is 106 Å². The first kappa shape index (κ1) is 13.8. The van der Waals surface area contributed by atoms with Gasteiger partial charge in [-0.05, 0) is 24.3 Å². The first-order valence-corrected chi connectivity index (χ1v) is 4.27. The van der Waals surface area contributed by atoms with Crippen molar-refractivity contribution < 1.29 is 10.2 Å². The van der Waals surface area contributed by atoms with Gasteiger partial charge in [0.2, 0.25) is 0 Å². The number of phenols is 2.